The highest BCUT2D eigenvalue weighted by Gasteiger charge is 2.12. The summed E-state index contributed by atoms with van der Waals surface area (Å²) in [6, 6.07) is 33.1. The quantitative estimate of drug-likeness (QED) is 0.289. The Labute approximate surface area is 147 Å². The molecule has 0 amide bonds. The minimum atomic E-state index is 1.29. The van der Waals surface area contributed by atoms with Crippen LogP contribution < -0.4 is 0 Å². The molecule has 0 unspecified atom stereocenters. The van der Waals surface area contributed by atoms with E-state index in [0.29, 0.717) is 0 Å². The fourth-order valence-corrected chi connectivity index (χ4v) is 3.91. The fraction of sp³-hybridized carbons (Fsp3) is 0.0400. The lowest BCUT2D eigenvalue weighted by Gasteiger charge is -2.15. The van der Waals surface area contributed by atoms with Gasteiger partial charge in [-0.05, 0) is 56.4 Å². The zero-order valence-electron chi connectivity index (χ0n) is 14.2. The molecule has 5 aromatic carbocycles. The van der Waals surface area contributed by atoms with Crippen molar-refractivity contribution in [3.63, 3.8) is 0 Å². The molecule has 25 heavy (non-hydrogen) atoms. The average Bonchev–Trinajstić information content (AvgIpc) is 2.66. The number of aryl methyl sites for hydroxylation is 1. The molecule has 0 aromatic heterocycles. The zero-order chi connectivity index (χ0) is 16.8. The Hall–Kier alpha value is -3.12. The van der Waals surface area contributed by atoms with E-state index in [-0.39, 0.29) is 0 Å². The van der Waals surface area contributed by atoms with Crippen molar-refractivity contribution in [3.05, 3.63) is 96.6 Å². The molecule has 0 aliphatic rings. The lowest BCUT2D eigenvalue weighted by molar-refractivity contribution is 1.51. The summed E-state index contributed by atoms with van der Waals surface area (Å²) in [6.45, 7) is 2.17. The van der Waals surface area contributed by atoms with E-state index >= 15 is 0 Å². The van der Waals surface area contributed by atoms with E-state index in [4.69, 9.17) is 0 Å². The highest BCUT2D eigenvalue weighted by atomic mass is 14.2. The molecule has 0 fully saturated rings. The van der Waals surface area contributed by atoms with E-state index in [2.05, 4.69) is 97.9 Å². The Kier molecular flexibility index (Phi) is 3.11. The molecular weight excluding hydrogens is 300 g/mol. The van der Waals surface area contributed by atoms with Crippen LogP contribution in [-0.2, 0) is 0 Å². The Morgan fingerprint density at radius 1 is 0.480 bits per heavy atom. The maximum Gasteiger partial charge on any atom is -0.00205 e. The second-order valence-electron chi connectivity index (χ2n) is 6.72. The van der Waals surface area contributed by atoms with Crippen molar-refractivity contribution in [1.29, 1.82) is 0 Å². The lowest BCUT2D eigenvalue weighted by Crippen LogP contribution is -1.88. The summed E-state index contributed by atoms with van der Waals surface area (Å²) in [4.78, 5) is 0. The summed E-state index contributed by atoms with van der Waals surface area (Å²) < 4.78 is 0. The van der Waals surface area contributed by atoms with Crippen LogP contribution in [0.5, 0.6) is 0 Å². The second-order valence-corrected chi connectivity index (χ2v) is 6.72. The lowest BCUT2D eigenvalue weighted by atomic mass is 9.89. The molecule has 0 radical (unpaired) electrons. The molecule has 0 nitrogen and oxygen atoms in total. The van der Waals surface area contributed by atoms with Crippen LogP contribution >= 0.6 is 0 Å². The third kappa shape index (κ3) is 2.22. The summed E-state index contributed by atoms with van der Waals surface area (Å²) >= 11 is 0. The molecule has 0 saturated carbocycles. The molecule has 5 aromatic rings. The number of hydrogen-bond acceptors (Lipinski definition) is 0. The van der Waals surface area contributed by atoms with Crippen molar-refractivity contribution >= 4 is 32.3 Å². The van der Waals surface area contributed by atoms with Crippen LogP contribution in [0.4, 0.5) is 0 Å². The molecule has 0 N–H and O–H groups in total. The van der Waals surface area contributed by atoms with E-state index < -0.39 is 0 Å². The minimum Gasteiger partial charge on any atom is -0.0616 e. The van der Waals surface area contributed by atoms with Crippen LogP contribution in [0.3, 0.4) is 0 Å². The summed E-state index contributed by atoms with van der Waals surface area (Å²) in [5, 5.41) is 7.83. The molecular formula is C25H18. The largest absolute Gasteiger partial charge is 0.0616 e. The molecule has 0 aliphatic heterocycles. The van der Waals surface area contributed by atoms with Crippen molar-refractivity contribution in [3.8, 4) is 11.1 Å². The first-order valence-corrected chi connectivity index (χ1v) is 8.71. The zero-order valence-corrected chi connectivity index (χ0v) is 14.2. The number of benzene rings is 5. The van der Waals surface area contributed by atoms with E-state index in [0.717, 1.165) is 0 Å². The van der Waals surface area contributed by atoms with Crippen molar-refractivity contribution < 1.29 is 0 Å². The Balaban J connectivity index is 2.04. The predicted octanol–water partition coefficient (Wildman–Crippen LogP) is 7.12. The summed E-state index contributed by atoms with van der Waals surface area (Å²) in [5.74, 6) is 0. The van der Waals surface area contributed by atoms with Crippen molar-refractivity contribution in [1.82, 2.24) is 0 Å². The second kappa shape index (κ2) is 5.46. The van der Waals surface area contributed by atoms with E-state index in [1.54, 1.807) is 0 Å². The molecule has 0 bridgehead atoms. The molecule has 5 rings (SSSR count). The molecule has 0 atom stereocenters. The van der Waals surface area contributed by atoms with Gasteiger partial charge in [-0.25, -0.2) is 0 Å². The number of hydrogen-bond donors (Lipinski definition) is 0. The topological polar surface area (TPSA) is 0 Å². The third-order valence-corrected chi connectivity index (χ3v) is 5.08. The average molecular weight is 318 g/mol. The van der Waals surface area contributed by atoms with Gasteiger partial charge in [0.05, 0.1) is 0 Å². The van der Waals surface area contributed by atoms with Gasteiger partial charge in [0, 0.05) is 0 Å². The summed E-state index contributed by atoms with van der Waals surface area (Å²) in [5.41, 5.74) is 3.95. The van der Waals surface area contributed by atoms with E-state index in [1.165, 1.54) is 49.0 Å². The van der Waals surface area contributed by atoms with Gasteiger partial charge in [0.2, 0.25) is 0 Å². The number of fused-ring (bicyclic) bond motifs is 3. The summed E-state index contributed by atoms with van der Waals surface area (Å²) in [7, 11) is 0. The van der Waals surface area contributed by atoms with Gasteiger partial charge in [0.15, 0.2) is 0 Å². The Morgan fingerprint density at radius 2 is 1.16 bits per heavy atom. The Morgan fingerprint density at radius 3 is 2.04 bits per heavy atom. The summed E-state index contributed by atoms with van der Waals surface area (Å²) in [6.07, 6.45) is 0. The number of rotatable bonds is 1. The van der Waals surface area contributed by atoms with Crippen LogP contribution in [0, 0.1) is 6.92 Å². The fourth-order valence-electron chi connectivity index (χ4n) is 3.91. The minimum absolute atomic E-state index is 1.29. The molecule has 0 aliphatic carbocycles. The third-order valence-electron chi connectivity index (χ3n) is 5.08. The standard InChI is InChI=1S/C25H18/c1-17-13-14-20-16-19-8-3-5-11-22(19)25(24(20)15-17)23-12-6-9-18-7-2-4-10-21(18)23/h2-16H,1H3. The monoisotopic (exact) mass is 318 g/mol. The van der Waals surface area contributed by atoms with Gasteiger partial charge in [0.25, 0.3) is 0 Å². The van der Waals surface area contributed by atoms with Crippen molar-refractivity contribution in [2.45, 2.75) is 6.92 Å². The van der Waals surface area contributed by atoms with Gasteiger partial charge in [-0.15, -0.1) is 0 Å². The van der Waals surface area contributed by atoms with Crippen molar-refractivity contribution in [2.24, 2.45) is 0 Å². The first-order valence-electron chi connectivity index (χ1n) is 8.71. The molecule has 0 spiro atoms. The highest BCUT2D eigenvalue weighted by molar-refractivity contribution is 6.16. The van der Waals surface area contributed by atoms with Crippen LogP contribution in [0.15, 0.2) is 91.0 Å². The van der Waals surface area contributed by atoms with Gasteiger partial charge in [-0.2, -0.15) is 0 Å². The first-order chi connectivity index (χ1) is 12.3. The highest BCUT2D eigenvalue weighted by Crippen LogP contribution is 2.39. The van der Waals surface area contributed by atoms with Crippen LogP contribution in [0.25, 0.3) is 43.4 Å². The molecule has 0 heterocycles. The Bertz CT molecular complexity index is 1240. The van der Waals surface area contributed by atoms with Gasteiger partial charge >= 0.3 is 0 Å². The van der Waals surface area contributed by atoms with Crippen molar-refractivity contribution in [2.75, 3.05) is 0 Å². The van der Waals surface area contributed by atoms with Gasteiger partial charge in [-0.1, -0.05) is 90.5 Å². The van der Waals surface area contributed by atoms with Gasteiger partial charge in [0.1, 0.15) is 0 Å². The maximum absolute atomic E-state index is 2.32. The smallest absolute Gasteiger partial charge is 0.00205 e. The SMILES string of the molecule is Cc1ccc2cc3ccccc3c(-c3cccc4ccccc34)c2c1. The normalized spacial score (nSPS) is 11.4. The van der Waals surface area contributed by atoms with Crippen LogP contribution in [0.2, 0.25) is 0 Å². The van der Waals surface area contributed by atoms with Gasteiger partial charge in [-0.3, -0.25) is 0 Å². The maximum atomic E-state index is 2.32. The molecule has 0 heteroatoms. The first kappa shape index (κ1) is 14.2. The van der Waals surface area contributed by atoms with E-state index in [1.807, 2.05) is 0 Å². The van der Waals surface area contributed by atoms with Crippen LogP contribution in [-0.4, -0.2) is 0 Å². The molecule has 0 saturated heterocycles. The van der Waals surface area contributed by atoms with E-state index in [9.17, 15) is 0 Å². The molecule has 118 valence electrons. The van der Waals surface area contributed by atoms with Crippen LogP contribution in [0.1, 0.15) is 5.56 Å². The van der Waals surface area contributed by atoms with Gasteiger partial charge < -0.3 is 0 Å². The predicted molar refractivity (Wildman–Crippen MR) is 109 cm³/mol.